The number of benzene rings is 2. The first kappa shape index (κ1) is 22.3. The monoisotopic (exact) mass is 464 g/mol. The van der Waals surface area contributed by atoms with Crippen LogP contribution in [0, 0.1) is 0 Å². The van der Waals surface area contributed by atoms with Gasteiger partial charge in [-0.25, -0.2) is 4.79 Å². The third-order valence-corrected chi connectivity index (χ3v) is 5.14. The first-order chi connectivity index (χ1) is 15.8. The van der Waals surface area contributed by atoms with E-state index in [0.717, 1.165) is 5.69 Å². The van der Waals surface area contributed by atoms with Gasteiger partial charge in [-0.1, -0.05) is 49.1 Å². The van der Waals surface area contributed by atoms with Crippen molar-refractivity contribution in [1.29, 1.82) is 0 Å². The molecule has 0 aliphatic carbocycles. The van der Waals surface area contributed by atoms with Crippen LogP contribution in [0.25, 0.3) is 5.69 Å². The molecule has 1 aromatic heterocycles. The SMILES string of the molecule is C=C(C)OC(=O)c1c(NC(=S)C2COc3ccccc3O2)nc(N(C)C)n1-c1ccccc1. The Bertz CT molecular complexity index is 1210. The van der Waals surface area contributed by atoms with Crippen LogP contribution in [0.15, 0.2) is 66.9 Å². The van der Waals surface area contributed by atoms with Gasteiger partial charge in [0.2, 0.25) is 5.95 Å². The number of nitrogens with one attached hydrogen (secondary N) is 1. The normalized spacial score (nSPS) is 14.3. The second kappa shape index (κ2) is 9.33. The molecule has 0 saturated heterocycles. The quantitative estimate of drug-likeness (QED) is 0.330. The number of allylic oxidation sites excluding steroid dienone is 1. The summed E-state index contributed by atoms with van der Waals surface area (Å²) in [5.41, 5.74) is 0.930. The summed E-state index contributed by atoms with van der Waals surface area (Å²) in [5, 5.41) is 3.09. The van der Waals surface area contributed by atoms with Crippen molar-refractivity contribution in [1.82, 2.24) is 9.55 Å². The summed E-state index contributed by atoms with van der Waals surface area (Å²) in [7, 11) is 3.68. The molecule has 2 aromatic carbocycles. The molecule has 2 heterocycles. The molecule has 1 aliphatic rings. The van der Waals surface area contributed by atoms with Crippen molar-refractivity contribution in [3.05, 3.63) is 72.6 Å². The predicted molar refractivity (Wildman–Crippen MR) is 131 cm³/mol. The fourth-order valence-electron chi connectivity index (χ4n) is 3.36. The molecule has 0 spiro atoms. The molecule has 0 amide bonds. The smallest absolute Gasteiger partial charge is 0.364 e. The fraction of sp³-hybridized carbons (Fsp3) is 0.208. The molecule has 0 fully saturated rings. The summed E-state index contributed by atoms with van der Waals surface area (Å²) in [6.07, 6.45) is -0.551. The van der Waals surface area contributed by atoms with Gasteiger partial charge in [0.25, 0.3) is 0 Å². The van der Waals surface area contributed by atoms with Gasteiger partial charge in [-0.3, -0.25) is 4.57 Å². The second-order valence-electron chi connectivity index (χ2n) is 7.62. The van der Waals surface area contributed by atoms with Crippen molar-refractivity contribution in [3.8, 4) is 17.2 Å². The topological polar surface area (TPSA) is 77.8 Å². The molecule has 3 aromatic rings. The highest BCUT2D eigenvalue weighted by Crippen LogP contribution is 2.32. The third kappa shape index (κ3) is 4.68. The molecule has 1 N–H and O–H groups in total. The lowest BCUT2D eigenvalue weighted by Gasteiger charge is -2.27. The van der Waals surface area contributed by atoms with E-state index in [1.165, 1.54) is 0 Å². The molecule has 33 heavy (non-hydrogen) atoms. The summed E-state index contributed by atoms with van der Waals surface area (Å²) >= 11 is 5.61. The van der Waals surface area contributed by atoms with Crippen LogP contribution in [-0.2, 0) is 4.74 Å². The Morgan fingerprint density at radius 2 is 1.85 bits per heavy atom. The Labute approximate surface area is 197 Å². The summed E-state index contributed by atoms with van der Waals surface area (Å²) < 4.78 is 18.8. The number of hydrogen-bond acceptors (Lipinski definition) is 7. The van der Waals surface area contributed by atoms with Gasteiger partial charge in [0, 0.05) is 19.8 Å². The first-order valence-electron chi connectivity index (χ1n) is 10.3. The largest absolute Gasteiger partial charge is 0.485 e. The van der Waals surface area contributed by atoms with Gasteiger partial charge in [0.05, 0.1) is 5.76 Å². The van der Waals surface area contributed by atoms with E-state index in [-0.39, 0.29) is 23.9 Å². The number of aromatic nitrogens is 2. The predicted octanol–water partition coefficient (Wildman–Crippen LogP) is 4.21. The molecule has 1 unspecified atom stereocenters. The number of anilines is 2. The zero-order valence-corrected chi connectivity index (χ0v) is 19.4. The Morgan fingerprint density at radius 1 is 1.18 bits per heavy atom. The number of ether oxygens (including phenoxy) is 3. The van der Waals surface area contributed by atoms with E-state index < -0.39 is 12.1 Å². The first-order valence-corrected chi connectivity index (χ1v) is 10.7. The summed E-state index contributed by atoms with van der Waals surface area (Å²) in [4.78, 5) is 19.9. The molecule has 0 saturated carbocycles. The summed E-state index contributed by atoms with van der Waals surface area (Å²) in [6.45, 7) is 5.52. The van der Waals surface area contributed by atoms with Crippen LogP contribution in [-0.4, -0.2) is 47.3 Å². The molecule has 4 rings (SSSR count). The molecular formula is C24H24N4O4S. The number of hydrogen-bond donors (Lipinski definition) is 1. The van der Waals surface area contributed by atoms with E-state index in [4.69, 9.17) is 26.4 Å². The van der Waals surface area contributed by atoms with Gasteiger partial charge < -0.3 is 24.4 Å². The van der Waals surface area contributed by atoms with Crippen LogP contribution in [0.5, 0.6) is 11.5 Å². The summed E-state index contributed by atoms with van der Waals surface area (Å²) in [6, 6.07) is 16.8. The Hall–Kier alpha value is -3.85. The fourth-order valence-corrected chi connectivity index (χ4v) is 3.57. The zero-order valence-electron chi connectivity index (χ0n) is 18.6. The van der Waals surface area contributed by atoms with Crippen molar-refractivity contribution < 1.29 is 19.0 Å². The number of nitrogens with zero attached hydrogens (tertiary/aromatic N) is 3. The van der Waals surface area contributed by atoms with Crippen molar-refractivity contribution in [2.75, 3.05) is 30.9 Å². The van der Waals surface area contributed by atoms with E-state index in [1.807, 2.05) is 68.7 Å². The standard InChI is InChI=1S/C24H24N4O4S/c1-15(2)31-23(29)20-21(26-24(27(3)4)28(20)16-10-6-5-7-11-16)25-22(33)19-14-30-17-12-8-9-13-18(17)32-19/h5-13,19H,1,14H2,2-4H3,(H,25,33). The highest BCUT2D eigenvalue weighted by Gasteiger charge is 2.30. The number of rotatable bonds is 6. The van der Waals surface area contributed by atoms with Gasteiger partial charge in [-0.05, 0) is 31.2 Å². The highest BCUT2D eigenvalue weighted by molar-refractivity contribution is 7.80. The molecule has 1 aliphatic heterocycles. The maximum atomic E-state index is 13.1. The van der Waals surface area contributed by atoms with Crippen LogP contribution in [0.1, 0.15) is 17.4 Å². The van der Waals surface area contributed by atoms with Gasteiger partial charge in [0.15, 0.2) is 29.1 Å². The Morgan fingerprint density at radius 3 is 2.52 bits per heavy atom. The number of imidazole rings is 1. The van der Waals surface area contributed by atoms with Gasteiger partial charge >= 0.3 is 5.97 Å². The van der Waals surface area contributed by atoms with E-state index in [9.17, 15) is 4.79 Å². The average molecular weight is 465 g/mol. The molecule has 8 nitrogen and oxygen atoms in total. The van der Waals surface area contributed by atoms with Crippen molar-refractivity contribution in [3.63, 3.8) is 0 Å². The number of para-hydroxylation sites is 3. The van der Waals surface area contributed by atoms with Gasteiger partial charge in [-0.15, -0.1) is 0 Å². The van der Waals surface area contributed by atoms with Crippen molar-refractivity contribution in [2.24, 2.45) is 0 Å². The third-order valence-electron chi connectivity index (χ3n) is 4.78. The van der Waals surface area contributed by atoms with Crippen molar-refractivity contribution in [2.45, 2.75) is 13.0 Å². The number of fused-ring (bicyclic) bond motifs is 1. The Kier molecular flexibility index (Phi) is 6.32. The van der Waals surface area contributed by atoms with Crippen molar-refractivity contribution >= 4 is 34.9 Å². The summed E-state index contributed by atoms with van der Waals surface area (Å²) in [5.74, 6) is 1.69. The number of esters is 1. The van der Waals surface area contributed by atoms with Gasteiger partial charge in [-0.2, -0.15) is 4.98 Å². The minimum Gasteiger partial charge on any atom is -0.485 e. The maximum absolute atomic E-state index is 13.1. The lowest BCUT2D eigenvalue weighted by Crippen LogP contribution is -2.39. The van der Waals surface area contributed by atoms with Crippen LogP contribution < -0.4 is 19.7 Å². The van der Waals surface area contributed by atoms with E-state index >= 15 is 0 Å². The maximum Gasteiger partial charge on any atom is 0.364 e. The number of carbonyl (C=O) groups excluding carboxylic acids is 1. The zero-order chi connectivity index (χ0) is 23.5. The van der Waals surface area contributed by atoms with E-state index in [2.05, 4.69) is 16.9 Å². The van der Waals surface area contributed by atoms with E-state index in [1.54, 1.807) is 16.4 Å². The molecular weight excluding hydrogens is 440 g/mol. The molecule has 1 atom stereocenters. The molecule has 0 radical (unpaired) electrons. The lowest BCUT2D eigenvalue weighted by atomic mass is 10.2. The van der Waals surface area contributed by atoms with Crippen LogP contribution in [0.3, 0.4) is 0 Å². The van der Waals surface area contributed by atoms with Crippen LogP contribution in [0.2, 0.25) is 0 Å². The second-order valence-corrected chi connectivity index (χ2v) is 8.06. The lowest BCUT2D eigenvalue weighted by molar-refractivity contribution is 0.0620. The molecule has 0 bridgehead atoms. The van der Waals surface area contributed by atoms with Gasteiger partial charge in [0.1, 0.15) is 11.6 Å². The average Bonchev–Trinajstić information content (AvgIpc) is 3.18. The van der Waals surface area contributed by atoms with E-state index in [0.29, 0.717) is 22.4 Å². The minimum absolute atomic E-state index is 0.187. The Balaban J connectivity index is 1.72. The molecule has 9 heteroatoms. The highest BCUT2D eigenvalue weighted by atomic mass is 32.1. The number of thiocarbonyl (C=S) groups is 1. The minimum atomic E-state index is -0.608. The van der Waals surface area contributed by atoms with Crippen LogP contribution in [0.4, 0.5) is 11.8 Å². The molecule has 170 valence electrons. The number of carbonyl (C=O) groups is 1. The van der Waals surface area contributed by atoms with Crippen LogP contribution >= 0.6 is 12.2 Å².